The van der Waals surface area contributed by atoms with E-state index in [-0.39, 0.29) is 10.8 Å². The van der Waals surface area contributed by atoms with Gasteiger partial charge in [-0.25, -0.2) is 0 Å². The van der Waals surface area contributed by atoms with Gasteiger partial charge in [-0.2, -0.15) is 0 Å². The van der Waals surface area contributed by atoms with Crippen molar-refractivity contribution in [3.8, 4) is 0 Å². The van der Waals surface area contributed by atoms with E-state index in [0.717, 1.165) is 50.0 Å². The van der Waals surface area contributed by atoms with Gasteiger partial charge in [-0.05, 0) is 64.7 Å². The summed E-state index contributed by atoms with van der Waals surface area (Å²) in [4.78, 5) is 4.77. The van der Waals surface area contributed by atoms with E-state index < -0.39 is 7.14 Å². The van der Waals surface area contributed by atoms with Crippen molar-refractivity contribution in [2.75, 3.05) is 9.80 Å². The molecule has 0 unspecified atom stereocenters. The van der Waals surface area contributed by atoms with E-state index in [4.69, 9.17) is 0 Å². The molecule has 0 aliphatic carbocycles. The molecule has 0 saturated carbocycles. The number of benzene rings is 7. The summed E-state index contributed by atoms with van der Waals surface area (Å²) in [7, 11) is -3.37. The van der Waals surface area contributed by atoms with Crippen LogP contribution in [0.25, 0.3) is 0 Å². The van der Waals surface area contributed by atoms with Gasteiger partial charge in [0.25, 0.3) is 0 Å². The summed E-state index contributed by atoms with van der Waals surface area (Å²) in [5.41, 5.74) is 11.1. The first-order chi connectivity index (χ1) is 25.2. The Morgan fingerprint density at radius 3 is 0.981 bits per heavy atom. The first kappa shape index (κ1) is 32.3. The van der Waals surface area contributed by atoms with Crippen LogP contribution in [0, 0.1) is 0 Å². The predicted molar refractivity (Wildman–Crippen MR) is 219 cm³/mol. The molecule has 0 fully saturated rings. The maximum atomic E-state index is 16.2. The SMILES string of the molecule is CC1(C)c2ccccc2N(c2cc(N3c4ccccc4C(C)(C)c4ccccc43)cc(P(=O)(c3ccccc3)c3ccccc3)c2)c2ccccc21. The van der Waals surface area contributed by atoms with Crippen LogP contribution in [0.2, 0.25) is 0 Å². The summed E-state index contributed by atoms with van der Waals surface area (Å²) >= 11 is 0. The smallest absolute Gasteiger partial charge is 0.171 e. The molecule has 0 bridgehead atoms. The summed E-state index contributed by atoms with van der Waals surface area (Å²) in [6.07, 6.45) is 0. The Morgan fingerprint density at radius 1 is 0.365 bits per heavy atom. The molecule has 9 rings (SSSR count). The Morgan fingerprint density at radius 2 is 0.654 bits per heavy atom. The van der Waals surface area contributed by atoms with Gasteiger partial charge in [0.2, 0.25) is 0 Å². The zero-order valence-corrected chi connectivity index (χ0v) is 30.9. The molecule has 2 heterocycles. The third kappa shape index (κ3) is 4.76. The van der Waals surface area contributed by atoms with Crippen LogP contribution < -0.4 is 25.7 Å². The molecule has 254 valence electrons. The zero-order valence-electron chi connectivity index (χ0n) is 30.0. The van der Waals surface area contributed by atoms with Gasteiger partial charge in [0.05, 0.1) is 22.7 Å². The fourth-order valence-corrected chi connectivity index (χ4v) is 11.3. The molecule has 0 saturated heterocycles. The van der Waals surface area contributed by atoms with Crippen LogP contribution in [0.5, 0.6) is 0 Å². The van der Waals surface area contributed by atoms with Gasteiger partial charge in [-0.3, -0.25) is 0 Å². The normalized spacial score (nSPS) is 15.2. The van der Waals surface area contributed by atoms with Crippen molar-refractivity contribution in [1.82, 2.24) is 0 Å². The van der Waals surface area contributed by atoms with E-state index in [9.17, 15) is 0 Å². The highest BCUT2D eigenvalue weighted by Gasteiger charge is 2.40. The Bertz CT molecular complexity index is 2250. The second-order valence-electron chi connectivity index (χ2n) is 15.0. The Labute approximate surface area is 307 Å². The lowest BCUT2D eigenvalue weighted by atomic mass is 9.73. The van der Waals surface area contributed by atoms with Crippen LogP contribution in [-0.4, -0.2) is 0 Å². The minimum absolute atomic E-state index is 0.205. The molecular formula is C48H41N2OP. The molecule has 52 heavy (non-hydrogen) atoms. The number of nitrogens with zero attached hydrogens (tertiary/aromatic N) is 2. The van der Waals surface area contributed by atoms with Gasteiger partial charge in [-0.1, -0.05) is 161 Å². The fraction of sp³-hybridized carbons (Fsp3) is 0.125. The Hall–Kier alpha value is -5.63. The van der Waals surface area contributed by atoms with Crippen LogP contribution in [0.15, 0.2) is 176 Å². The minimum atomic E-state index is -3.37. The maximum absolute atomic E-state index is 16.2. The molecule has 0 amide bonds. The van der Waals surface area contributed by atoms with Crippen LogP contribution in [0.1, 0.15) is 49.9 Å². The van der Waals surface area contributed by atoms with Crippen molar-refractivity contribution in [3.05, 3.63) is 198 Å². The van der Waals surface area contributed by atoms with E-state index >= 15 is 4.57 Å². The van der Waals surface area contributed by atoms with E-state index in [1.54, 1.807) is 0 Å². The van der Waals surface area contributed by atoms with Crippen LogP contribution in [0.3, 0.4) is 0 Å². The van der Waals surface area contributed by atoms with E-state index in [0.29, 0.717) is 0 Å². The van der Waals surface area contributed by atoms with Gasteiger partial charge in [-0.15, -0.1) is 0 Å². The van der Waals surface area contributed by atoms with Crippen LogP contribution in [0.4, 0.5) is 34.1 Å². The lowest BCUT2D eigenvalue weighted by molar-refractivity contribution is 0.592. The van der Waals surface area contributed by atoms with Crippen molar-refractivity contribution >= 4 is 57.2 Å². The molecule has 7 aromatic carbocycles. The van der Waals surface area contributed by atoms with E-state index in [1.165, 1.54) is 22.3 Å². The summed E-state index contributed by atoms with van der Waals surface area (Å²) in [6, 6.07) is 61.6. The fourth-order valence-electron chi connectivity index (χ4n) is 8.64. The monoisotopic (exact) mass is 692 g/mol. The Balaban J connectivity index is 1.39. The number of hydrogen-bond acceptors (Lipinski definition) is 3. The number of rotatable bonds is 5. The lowest BCUT2D eigenvalue weighted by Crippen LogP contribution is -2.33. The van der Waals surface area contributed by atoms with Crippen LogP contribution >= 0.6 is 7.14 Å². The van der Waals surface area contributed by atoms with E-state index in [1.807, 2.05) is 60.7 Å². The maximum Gasteiger partial charge on any atom is 0.171 e. The molecule has 3 nitrogen and oxygen atoms in total. The summed E-state index contributed by atoms with van der Waals surface area (Å²) in [6.45, 7) is 9.25. The van der Waals surface area contributed by atoms with Crippen molar-refractivity contribution in [3.63, 3.8) is 0 Å². The second-order valence-corrected chi connectivity index (χ2v) is 17.7. The molecule has 0 atom stereocenters. The van der Waals surface area contributed by atoms with E-state index in [2.05, 4.69) is 153 Å². The van der Waals surface area contributed by atoms with Crippen molar-refractivity contribution < 1.29 is 4.57 Å². The van der Waals surface area contributed by atoms with Crippen LogP contribution in [-0.2, 0) is 15.4 Å². The number of fused-ring (bicyclic) bond motifs is 4. The zero-order chi connectivity index (χ0) is 35.7. The van der Waals surface area contributed by atoms with Crippen molar-refractivity contribution in [2.24, 2.45) is 0 Å². The highest BCUT2D eigenvalue weighted by atomic mass is 31.2. The molecule has 0 spiro atoms. The number of hydrogen-bond donors (Lipinski definition) is 0. The largest absolute Gasteiger partial charge is 0.310 e. The summed E-state index contributed by atoms with van der Waals surface area (Å²) in [5, 5.41) is 2.41. The molecule has 2 aliphatic rings. The number of anilines is 6. The highest BCUT2D eigenvalue weighted by Crippen LogP contribution is 2.56. The molecule has 4 heteroatoms. The molecule has 0 aromatic heterocycles. The second kappa shape index (κ2) is 12.0. The quantitative estimate of drug-likeness (QED) is 0.168. The third-order valence-electron chi connectivity index (χ3n) is 11.3. The first-order valence-corrected chi connectivity index (χ1v) is 19.8. The molecule has 0 radical (unpaired) electrons. The topological polar surface area (TPSA) is 23.6 Å². The summed E-state index contributed by atoms with van der Waals surface area (Å²) < 4.78 is 16.2. The first-order valence-electron chi connectivity index (χ1n) is 18.1. The highest BCUT2D eigenvalue weighted by molar-refractivity contribution is 7.85. The molecule has 2 aliphatic heterocycles. The average Bonchev–Trinajstić information content (AvgIpc) is 3.18. The third-order valence-corrected chi connectivity index (χ3v) is 14.3. The molecule has 0 N–H and O–H groups in total. The van der Waals surface area contributed by atoms with Crippen molar-refractivity contribution in [1.29, 1.82) is 0 Å². The van der Waals surface area contributed by atoms with Crippen molar-refractivity contribution in [2.45, 2.75) is 38.5 Å². The minimum Gasteiger partial charge on any atom is -0.310 e. The standard InChI is InChI=1S/C48H41N2OP/c1-47(2)39-23-11-15-27-43(39)49(44-28-16-12-24-40(44)47)34-31-35(50-45-29-17-13-25-41(45)48(3,4)42-26-14-18-30-46(42)50)33-38(32-34)52(51,36-19-7-5-8-20-36)37-21-9-6-10-22-37/h5-33H,1-4H3. The Kier molecular flexibility index (Phi) is 7.43. The van der Waals surface area contributed by atoms with Gasteiger partial charge in [0, 0.05) is 38.1 Å². The summed E-state index contributed by atoms with van der Waals surface area (Å²) in [5.74, 6) is 0. The van der Waals surface area contributed by atoms with Gasteiger partial charge < -0.3 is 14.4 Å². The predicted octanol–water partition coefficient (Wildman–Crippen LogP) is 11.5. The van der Waals surface area contributed by atoms with Gasteiger partial charge in [0.1, 0.15) is 0 Å². The van der Waals surface area contributed by atoms with Gasteiger partial charge in [0.15, 0.2) is 7.14 Å². The lowest BCUT2D eigenvalue weighted by Gasteiger charge is -2.44. The number of para-hydroxylation sites is 4. The molecule has 7 aromatic rings. The molecular weight excluding hydrogens is 652 g/mol. The average molecular weight is 693 g/mol. The van der Waals surface area contributed by atoms with Gasteiger partial charge >= 0.3 is 0 Å².